The highest BCUT2D eigenvalue weighted by atomic mass is 16.1. The molecule has 100 valence electrons. The van der Waals surface area contributed by atoms with Crippen LogP contribution in [0.3, 0.4) is 0 Å². The van der Waals surface area contributed by atoms with Crippen molar-refractivity contribution in [2.24, 2.45) is 5.92 Å². The Morgan fingerprint density at radius 2 is 2.17 bits per heavy atom. The van der Waals surface area contributed by atoms with Crippen molar-refractivity contribution in [1.29, 1.82) is 0 Å². The standard InChI is InChI=1S/C15H24N2O/c1-2-10-16-14(13-7-3-4-8-13)12-17-11-6-5-9-15(17)18/h5-6,9,11,13-14,16H,2-4,7-8,10,12H2,1H3. The predicted octanol–water partition coefficient (Wildman–Crippen LogP) is 2.41. The van der Waals surface area contributed by atoms with Crippen LogP contribution in [0.1, 0.15) is 39.0 Å². The molecule has 1 aliphatic rings. The van der Waals surface area contributed by atoms with E-state index in [1.807, 2.05) is 22.9 Å². The molecule has 2 rings (SSSR count). The second kappa shape index (κ2) is 6.74. The second-order valence-corrected chi connectivity index (χ2v) is 5.30. The Morgan fingerprint density at radius 3 is 2.83 bits per heavy atom. The van der Waals surface area contributed by atoms with Crippen LogP contribution in [0.15, 0.2) is 29.2 Å². The van der Waals surface area contributed by atoms with Gasteiger partial charge in [0.25, 0.3) is 5.56 Å². The van der Waals surface area contributed by atoms with Gasteiger partial charge in [0, 0.05) is 24.8 Å². The van der Waals surface area contributed by atoms with Gasteiger partial charge in [-0.1, -0.05) is 25.8 Å². The molecule has 1 heterocycles. The van der Waals surface area contributed by atoms with E-state index in [0.717, 1.165) is 25.4 Å². The van der Waals surface area contributed by atoms with E-state index in [-0.39, 0.29) is 5.56 Å². The topological polar surface area (TPSA) is 34.0 Å². The summed E-state index contributed by atoms with van der Waals surface area (Å²) >= 11 is 0. The van der Waals surface area contributed by atoms with Crippen molar-refractivity contribution in [2.45, 2.75) is 51.6 Å². The fourth-order valence-electron chi connectivity index (χ4n) is 2.89. The molecule has 0 amide bonds. The smallest absolute Gasteiger partial charge is 0.250 e. The van der Waals surface area contributed by atoms with E-state index >= 15 is 0 Å². The molecule has 1 unspecified atom stereocenters. The lowest BCUT2D eigenvalue weighted by molar-refractivity contribution is 0.320. The largest absolute Gasteiger partial charge is 0.314 e. The van der Waals surface area contributed by atoms with E-state index in [1.54, 1.807) is 6.07 Å². The van der Waals surface area contributed by atoms with Crippen LogP contribution in [0, 0.1) is 5.92 Å². The van der Waals surface area contributed by atoms with Crippen LogP contribution in [0.4, 0.5) is 0 Å². The molecule has 0 saturated heterocycles. The van der Waals surface area contributed by atoms with Crippen molar-refractivity contribution < 1.29 is 0 Å². The van der Waals surface area contributed by atoms with Gasteiger partial charge >= 0.3 is 0 Å². The summed E-state index contributed by atoms with van der Waals surface area (Å²) in [6, 6.07) is 5.84. The Bertz CT molecular complexity index is 407. The van der Waals surface area contributed by atoms with Gasteiger partial charge < -0.3 is 9.88 Å². The molecule has 1 aliphatic carbocycles. The van der Waals surface area contributed by atoms with Crippen molar-refractivity contribution in [1.82, 2.24) is 9.88 Å². The van der Waals surface area contributed by atoms with E-state index in [2.05, 4.69) is 12.2 Å². The van der Waals surface area contributed by atoms with Gasteiger partial charge in [0.1, 0.15) is 0 Å². The molecule has 3 nitrogen and oxygen atoms in total. The molecule has 1 N–H and O–H groups in total. The van der Waals surface area contributed by atoms with Crippen molar-refractivity contribution in [2.75, 3.05) is 6.54 Å². The maximum Gasteiger partial charge on any atom is 0.250 e. The quantitative estimate of drug-likeness (QED) is 0.839. The maximum absolute atomic E-state index is 11.8. The zero-order chi connectivity index (χ0) is 12.8. The predicted molar refractivity (Wildman–Crippen MR) is 74.7 cm³/mol. The van der Waals surface area contributed by atoms with Crippen molar-refractivity contribution in [3.05, 3.63) is 34.7 Å². The summed E-state index contributed by atoms with van der Waals surface area (Å²) in [5.74, 6) is 0.739. The van der Waals surface area contributed by atoms with Gasteiger partial charge in [-0.15, -0.1) is 0 Å². The maximum atomic E-state index is 11.8. The van der Waals surface area contributed by atoms with Crippen LogP contribution < -0.4 is 10.9 Å². The Kier molecular flexibility index (Phi) is 5.00. The number of aromatic nitrogens is 1. The van der Waals surface area contributed by atoms with Crippen LogP contribution in [-0.4, -0.2) is 17.2 Å². The monoisotopic (exact) mass is 248 g/mol. The zero-order valence-electron chi connectivity index (χ0n) is 11.3. The van der Waals surface area contributed by atoms with Crippen LogP contribution in [-0.2, 0) is 6.54 Å². The molecule has 1 saturated carbocycles. The highest BCUT2D eigenvalue weighted by Crippen LogP contribution is 2.28. The highest BCUT2D eigenvalue weighted by molar-refractivity contribution is 4.94. The summed E-state index contributed by atoms with van der Waals surface area (Å²) in [5, 5.41) is 3.63. The zero-order valence-corrected chi connectivity index (χ0v) is 11.3. The molecule has 0 bridgehead atoms. The van der Waals surface area contributed by atoms with E-state index in [1.165, 1.54) is 25.7 Å². The normalized spacial score (nSPS) is 18.1. The van der Waals surface area contributed by atoms with E-state index in [0.29, 0.717) is 6.04 Å². The molecule has 1 aromatic rings. The van der Waals surface area contributed by atoms with Gasteiger partial charge in [-0.05, 0) is 37.8 Å². The van der Waals surface area contributed by atoms with Crippen molar-refractivity contribution in [3.63, 3.8) is 0 Å². The van der Waals surface area contributed by atoms with Crippen molar-refractivity contribution >= 4 is 0 Å². The first-order valence-corrected chi connectivity index (χ1v) is 7.20. The van der Waals surface area contributed by atoms with Gasteiger partial charge in [0.05, 0.1) is 0 Å². The van der Waals surface area contributed by atoms with Gasteiger partial charge in [0.15, 0.2) is 0 Å². The van der Waals surface area contributed by atoms with E-state index < -0.39 is 0 Å². The number of pyridine rings is 1. The second-order valence-electron chi connectivity index (χ2n) is 5.30. The lowest BCUT2D eigenvalue weighted by atomic mass is 9.97. The number of rotatable bonds is 6. The average Bonchev–Trinajstić information content (AvgIpc) is 2.90. The molecule has 0 radical (unpaired) electrons. The molecule has 0 aromatic carbocycles. The third-order valence-electron chi connectivity index (χ3n) is 3.92. The van der Waals surface area contributed by atoms with Crippen LogP contribution in [0.2, 0.25) is 0 Å². The lowest BCUT2D eigenvalue weighted by Gasteiger charge is -2.25. The molecule has 1 atom stereocenters. The summed E-state index contributed by atoms with van der Waals surface area (Å²) in [7, 11) is 0. The Balaban J connectivity index is 2.04. The number of nitrogens with zero attached hydrogens (tertiary/aromatic N) is 1. The summed E-state index contributed by atoms with van der Waals surface area (Å²) < 4.78 is 1.84. The Labute approximate surface area is 109 Å². The summed E-state index contributed by atoms with van der Waals surface area (Å²) in [4.78, 5) is 11.8. The third-order valence-corrected chi connectivity index (χ3v) is 3.92. The Morgan fingerprint density at radius 1 is 1.39 bits per heavy atom. The van der Waals surface area contributed by atoms with Crippen LogP contribution >= 0.6 is 0 Å². The third kappa shape index (κ3) is 3.45. The molecule has 0 spiro atoms. The van der Waals surface area contributed by atoms with Crippen molar-refractivity contribution in [3.8, 4) is 0 Å². The minimum Gasteiger partial charge on any atom is -0.314 e. The SMILES string of the molecule is CCCNC(Cn1ccccc1=O)C1CCCC1. The Hall–Kier alpha value is -1.09. The van der Waals surface area contributed by atoms with Gasteiger partial charge in [0.2, 0.25) is 0 Å². The van der Waals surface area contributed by atoms with Gasteiger partial charge in [-0.25, -0.2) is 0 Å². The molecule has 18 heavy (non-hydrogen) atoms. The summed E-state index contributed by atoms with van der Waals surface area (Å²) in [5.41, 5.74) is 0.110. The first kappa shape index (κ1) is 13.3. The van der Waals surface area contributed by atoms with Gasteiger partial charge in [-0.3, -0.25) is 4.79 Å². The lowest BCUT2D eigenvalue weighted by Crippen LogP contribution is -2.41. The molecule has 1 aromatic heterocycles. The molecule has 3 heteroatoms. The molecular formula is C15H24N2O. The fraction of sp³-hybridized carbons (Fsp3) is 0.667. The van der Waals surface area contributed by atoms with Crippen LogP contribution in [0.5, 0.6) is 0 Å². The molecular weight excluding hydrogens is 224 g/mol. The van der Waals surface area contributed by atoms with E-state index in [9.17, 15) is 4.79 Å². The molecule has 0 aliphatic heterocycles. The minimum absolute atomic E-state index is 0.110. The molecule has 1 fully saturated rings. The minimum atomic E-state index is 0.110. The van der Waals surface area contributed by atoms with E-state index in [4.69, 9.17) is 0 Å². The number of hydrogen-bond donors (Lipinski definition) is 1. The highest BCUT2D eigenvalue weighted by Gasteiger charge is 2.24. The summed E-state index contributed by atoms with van der Waals surface area (Å²) in [6.45, 7) is 4.04. The van der Waals surface area contributed by atoms with Crippen LogP contribution in [0.25, 0.3) is 0 Å². The first-order valence-electron chi connectivity index (χ1n) is 7.20. The summed E-state index contributed by atoms with van der Waals surface area (Å²) in [6.07, 6.45) is 8.36. The van der Waals surface area contributed by atoms with Gasteiger partial charge in [-0.2, -0.15) is 0 Å². The number of nitrogens with one attached hydrogen (secondary N) is 1. The first-order chi connectivity index (χ1) is 8.81. The average molecular weight is 248 g/mol. The fourth-order valence-corrected chi connectivity index (χ4v) is 2.89. The number of hydrogen-bond acceptors (Lipinski definition) is 2.